The zero-order valence-electron chi connectivity index (χ0n) is 23.3. The highest BCUT2D eigenvalue weighted by atomic mass is 35.5. The summed E-state index contributed by atoms with van der Waals surface area (Å²) in [6, 6.07) is 11.5. The number of β-amino-alcohol motifs (C(OH)–C–C–N with tert-alkyl or cyclic N) is 1. The summed E-state index contributed by atoms with van der Waals surface area (Å²) in [7, 11) is 3.04. The summed E-state index contributed by atoms with van der Waals surface area (Å²) >= 11 is 6.93. The number of aliphatic hydroxyl groups excluding tert-OH is 1. The van der Waals surface area contributed by atoms with Gasteiger partial charge in [0.2, 0.25) is 5.88 Å². The summed E-state index contributed by atoms with van der Waals surface area (Å²) in [4.78, 5) is 32.3. The lowest BCUT2D eigenvalue weighted by molar-refractivity contribution is -0.0256. The molecule has 3 heterocycles. The Morgan fingerprint density at radius 1 is 1.19 bits per heavy atom. The molecule has 1 aliphatic carbocycles. The van der Waals surface area contributed by atoms with Crippen LogP contribution in [0.2, 0.25) is 5.02 Å². The summed E-state index contributed by atoms with van der Waals surface area (Å²) < 4.78 is 22.2. The van der Waals surface area contributed by atoms with Gasteiger partial charge in [0.05, 0.1) is 23.9 Å². The first-order valence-electron chi connectivity index (χ1n) is 13.6. The minimum atomic E-state index is -0.598. The van der Waals surface area contributed by atoms with Crippen LogP contribution in [-0.2, 0) is 13.5 Å². The van der Waals surface area contributed by atoms with Gasteiger partial charge in [-0.15, -0.1) is 0 Å². The van der Waals surface area contributed by atoms with Crippen LogP contribution < -0.4 is 15.6 Å². The molecule has 4 aromatic rings. The quantitative estimate of drug-likeness (QED) is 0.340. The zero-order valence-corrected chi connectivity index (χ0v) is 24.1. The maximum Gasteiger partial charge on any atom is 0.279 e. The molecule has 11 heteroatoms. The third-order valence-electron chi connectivity index (χ3n) is 8.12. The molecular weight excluding hydrogens is 561 g/mol. The van der Waals surface area contributed by atoms with Gasteiger partial charge in [-0.25, -0.2) is 14.1 Å². The maximum atomic E-state index is 15.5. The number of rotatable bonds is 6. The number of nitrogens with zero attached hydrogens (tertiary/aromatic N) is 4. The number of carbonyl (C=O) groups excluding carboxylic acids is 1. The molecule has 0 unspecified atom stereocenters. The van der Waals surface area contributed by atoms with Gasteiger partial charge in [-0.3, -0.25) is 14.5 Å². The van der Waals surface area contributed by atoms with Gasteiger partial charge in [0, 0.05) is 54.8 Å². The standard InChI is InChI=1S/C31H29ClFN5O4/c1-16-19(5-4-6-23(16)35-29(40)21-11-12-34-37(2)31(21)41)27-22(33)9-8-20(28(27)32)24-13-17-7-10-25(38-14-18(39)15-38)26(17)30(36-24)42-3/h4-6,8-9,11-13,18,25,39H,7,10,14-15H2,1-3H3,(H,35,40)/t25-/m0/s1. The van der Waals surface area contributed by atoms with Crippen molar-refractivity contribution in [2.45, 2.75) is 31.9 Å². The predicted octanol–water partition coefficient (Wildman–Crippen LogP) is 4.53. The van der Waals surface area contributed by atoms with Gasteiger partial charge in [-0.05, 0) is 66.8 Å². The van der Waals surface area contributed by atoms with Crippen molar-refractivity contribution in [3.8, 4) is 28.3 Å². The molecule has 6 rings (SSSR count). The van der Waals surface area contributed by atoms with E-state index in [1.54, 1.807) is 38.3 Å². The number of nitrogens with one attached hydrogen (secondary N) is 1. The first-order chi connectivity index (χ1) is 20.2. The molecule has 1 fully saturated rings. The Bertz CT molecular complexity index is 1790. The van der Waals surface area contributed by atoms with Crippen LogP contribution in [0.25, 0.3) is 22.4 Å². The van der Waals surface area contributed by atoms with Crippen molar-refractivity contribution in [2.75, 3.05) is 25.5 Å². The second-order valence-corrected chi connectivity index (χ2v) is 11.0. The first-order valence-corrected chi connectivity index (χ1v) is 14.0. The van der Waals surface area contributed by atoms with Gasteiger partial charge in [-0.2, -0.15) is 5.10 Å². The number of likely N-dealkylation sites (tertiary alicyclic amines) is 1. The third kappa shape index (κ3) is 4.75. The number of pyridine rings is 1. The number of anilines is 1. The molecule has 0 spiro atoms. The minimum Gasteiger partial charge on any atom is -0.481 e. The highest BCUT2D eigenvalue weighted by Gasteiger charge is 2.38. The monoisotopic (exact) mass is 589 g/mol. The number of fused-ring (bicyclic) bond motifs is 1. The molecular formula is C31H29ClFN5O4. The first kappa shape index (κ1) is 28.0. The summed E-state index contributed by atoms with van der Waals surface area (Å²) in [6.45, 7) is 3.00. The molecule has 2 aliphatic rings. The Hall–Kier alpha value is -4.12. The molecule has 1 atom stereocenters. The van der Waals surface area contributed by atoms with Crippen molar-refractivity contribution in [3.63, 3.8) is 0 Å². The topological polar surface area (TPSA) is 110 Å². The van der Waals surface area contributed by atoms with Crippen LogP contribution in [0.4, 0.5) is 10.1 Å². The van der Waals surface area contributed by atoms with Crippen molar-refractivity contribution in [1.29, 1.82) is 0 Å². The van der Waals surface area contributed by atoms with Gasteiger partial charge < -0.3 is 15.2 Å². The van der Waals surface area contributed by atoms with E-state index in [-0.39, 0.29) is 28.3 Å². The van der Waals surface area contributed by atoms with Crippen LogP contribution >= 0.6 is 11.6 Å². The number of benzene rings is 2. The van der Waals surface area contributed by atoms with Crippen LogP contribution in [0.1, 0.15) is 39.5 Å². The summed E-state index contributed by atoms with van der Waals surface area (Å²) in [5, 5.41) is 16.6. The van der Waals surface area contributed by atoms with Gasteiger partial charge in [0.15, 0.2) is 0 Å². The van der Waals surface area contributed by atoms with Gasteiger partial charge in [-0.1, -0.05) is 23.7 Å². The molecule has 1 aliphatic heterocycles. The van der Waals surface area contributed by atoms with E-state index in [1.807, 2.05) is 6.07 Å². The fourth-order valence-electron chi connectivity index (χ4n) is 5.89. The number of amides is 1. The molecule has 0 bridgehead atoms. The van der Waals surface area contributed by atoms with E-state index in [9.17, 15) is 14.7 Å². The van der Waals surface area contributed by atoms with Gasteiger partial charge >= 0.3 is 0 Å². The SMILES string of the molecule is COc1nc(-c2ccc(F)c(-c3cccc(NC(=O)c4ccnn(C)c4=O)c3C)c2Cl)cc2c1[C@@H](N1CC(O)C1)CC2. The number of hydrogen-bond donors (Lipinski definition) is 2. The second-order valence-electron chi connectivity index (χ2n) is 10.6. The normalized spacial score (nSPS) is 16.7. The van der Waals surface area contributed by atoms with E-state index >= 15 is 4.39 Å². The van der Waals surface area contributed by atoms with Gasteiger partial charge in [0.25, 0.3) is 11.5 Å². The van der Waals surface area contributed by atoms with Crippen LogP contribution in [0.15, 0.2) is 53.5 Å². The molecule has 1 amide bonds. The average Bonchev–Trinajstić information content (AvgIpc) is 3.37. The van der Waals surface area contributed by atoms with E-state index in [0.29, 0.717) is 47.0 Å². The molecule has 1 saturated heterocycles. The van der Waals surface area contributed by atoms with Crippen LogP contribution in [0.5, 0.6) is 5.88 Å². The molecule has 0 saturated carbocycles. The average molecular weight is 590 g/mol. The van der Waals surface area contributed by atoms with Crippen molar-refractivity contribution in [2.24, 2.45) is 7.05 Å². The minimum absolute atomic E-state index is 0.0623. The number of methoxy groups -OCH3 is 1. The molecule has 0 radical (unpaired) electrons. The summed E-state index contributed by atoms with van der Waals surface area (Å²) in [5.74, 6) is -0.626. The van der Waals surface area contributed by atoms with Crippen LogP contribution in [0, 0.1) is 12.7 Å². The van der Waals surface area contributed by atoms with E-state index in [2.05, 4.69) is 15.3 Å². The molecule has 216 valence electrons. The number of aryl methyl sites for hydroxylation is 2. The van der Waals surface area contributed by atoms with Crippen molar-refractivity contribution >= 4 is 23.2 Å². The molecule has 2 aromatic carbocycles. The van der Waals surface area contributed by atoms with Crippen LogP contribution in [-0.4, -0.2) is 57.0 Å². The lowest BCUT2D eigenvalue weighted by Gasteiger charge is -2.40. The highest BCUT2D eigenvalue weighted by Crippen LogP contribution is 2.46. The molecule has 42 heavy (non-hydrogen) atoms. The second kappa shape index (κ2) is 10.9. The number of carbonyl (C=O) groups is 1. The van der Waals surface area contributed by atoms with Crippen molar-refractivity contribution < 1.29 is 19.0 Å². The Labute approximate surface area is 246 Å². The molecule has 2 N–H and O–H groups in total. The van der Waals surface area contributed by atoms with E-state index in [1.165, 1.54) is 25.4 Å². The van der Waals surface area contributed by atoms with E-state index in [4.69, 9.17) is 21.3 Å². The molecule has 9 nitrogen and oxygen atoms in total. The Kier molecular flexibility index (Phi) is 7.30. The number of hydrogen-bond acceptors (Lipinski definition) is 7. The smallest absolute Gasteiger partial charge is 0.279 e. The molecule has 2 aromatic heterocycles. The predicted molar refractivity (Wildman–Crippen MR) is 157 cm³/mol. The van der Waals surface area contributed by atoms with Crippen molar-refractivity contribution in [1.82, 2.24) is 19.7 Å². The fraction of sp³-hybridized carbons (Fsp3) is 0.290. The zero-order chi connectivity index (χ0) is 29.7. The fourth-order valence-corrected chi connectivity index (χ4v) is 6.24. The summed E-state index contributed by atoms with van der Waals surface area (Å²) in [6.07, 6.45) is 2.79. The van der Waals surface area contributed by atoms with Crippen molar-refractivity contribution in [3.05, 3.63) is 92.1 Å². The van der Waals surface area contributed by atoms with E-state index in [0.717, 1.165) is 28.7 Å². The maximum absolute atomic E-state index is 15.5. The largest absolute Gasteiger partial charge is 0.481 e. The number of aliphatic hydroxyl groups is 1. The van der Waals surface area contributed by atoms with Crippen LogP contribution in [0.3, 0.4) is 0 Å². The Morgan fingerprint density at radius 2 is 1.98 bits per heavy atom. The lowest BCUT2D eigenvalue weighted by atomic mass is 9.95. The third-order valence-corrected chi connectivity index (χ3v) is 8.52. The number of aromatic nitrogens is 3. The summed E-state index contributed by atoms with van der Waals surface area (Å²) in [5.41, 5.74) is 4.29. The van der Waals surface area contributed by atoms with E-state index < -0.39 is 17.3 Å². The van der Waals surface area contributed by atoms with Gasteiger partial charge in [0.1, 0.15) is 11.4 Å². The number of halogens is 2. The Balaban J connectivity index is 1.37. The number of ether oxygens (including phenoxy) is 1. The Morgan fingerprint density at radius 3 is 2.71 bits per heavy atom. The highest BCUT2D eigenvalue weighted by molar-refractivity contribution is 6.36. The lowest BCUT2D eigenvalue weighted by Crippen LogP contribution is -2.51.